The summed E-state index contributed by atoms with van der Waals surface area (Å²) in [5.41, 5.74) is 4.45. The summed E-state index contributed by atoms with van der Waals surface area (Å²) in [5, 5.41) is 3.13. The molecule has 1 fully saturated rings. The van der Waals surface area contributed by atoms with E-state index in [4.69, 9.17) is 33.7 Å². The number of halogens is 3. The zero-order chi connectivity index (χ0) is 15.6. The average molecular weight is 335 g/mol. The molecule has 7 heteroatoms. The molecule has 2 atom stereocenters. The largest absolute Gasteiger partial charge is 0.377 e. The summed E-state index contributed by atoms with van der Waals surface area (Å²) < 4.78 is 19.2. The Morgan fingerprint density at radius 3 is 2.81 bits per heavy atom. The maximum atomic E-state index is 13.7. The SMILES string of the molecule is CC(NCC1CCCO1)(C(N)=O)c1cc(F)c(Cl)cc1Cl. The zero-order valence-corrected chi connectivity index (χ0v) is 13.1. The molecule has 116 valence electrons. The van der Waals surface area contributed by atoms with Crippen LogP contribution in [0.15, 0.2) is 12.1 Å². The van der Waals surface area contributed by atoms with Crippen LogP contribution in [0, 0.1) is 5.82 Å². The van der Waals surface area contributed by atoms with Crippen molar-refractivity contribution in [2.45, 2.75) is 31.4 Å². The molecular weight excluding hydrogens is 318 g/mol. The van der Waals surface area contributed by atoms with Crippen LogP contribution in [0.4, 0.5) is 4.39 Å². The van der Waals surface area contributed by atoms with E-state index in [1.54, 1.807) is 6.92 Å². The number of ether oxygens (including phenoxy) is 1. The van der Waals surface area contributed by atoms with E-state index in [0.29, 0.717) is 13.2 Å². The number of carbonyl (C=O) groups is 1. The van der Waals surface area contributed by atoms with Crippen LogP contribution in [-0.4, -0.2) is 25.2 Å². The lowest BCUT2D eigenvalue weighted by molar-refractivity contribution is -0.124. The summed E-state index contributed by atoms with van der Waals surface area (Å²) in [5.74, 6) is -1.30. The molecule has 3 N–H and O–H groups in total. The Balaban J connectivity index is 2.28. The van der Waals surface area contributed by atoms with E-state index >= 15 is 0 Å². The van der Waals surface area contributed by atoms with E-state index < -0.39 is 17.3 Å². The smallest absolute Gasteiger partial charge is 0.242 e. The molecule has 1 aromatic rings. The normalized spacial score (nSPS) is 21.2. The Kier molecular flexibility index (Phi) is 5.09. The van der Waals surface area contributed by atoms with Crippen LogP contribution >= 0.6 is 23.2 Å². The number of primary amides is 1. The summed E-state index contributed by atoms with van der Waals surface area (Å²) >= 11 is 11.8. The molecule has 1 saturated heterocycles. The van der Waals surface area contributed by atoms with Gasteiger partial charge in [0.05, 0.1) is 11.1 Å². The van der Waals surface area contributed by atoms with Crippen molar-refractivity contribution in [1.29, 1.82) is 0 Å². The van der Waals surface area contributed by atoms with Gasteiger partial charge in [0.25, 0.3) is 0 Å². The van der Waals surface area contributed by atoms with Gasteiger partial charge >= 0.3 is 0 Å². The third-order valence-electron chi connectivity index (χ3n) is 3.75. The van der Waals surface area contributed by atoms with E-state index in [9.17, 15) is 9.18 Å². The first kappa shape index (κ1) is 16.5. The Morgan fingerprint density at radius 2 is 2.24 bits per heavy atom. The first-order valence-corrected chi connectivity index (χ1v) is 7.41. The highest BCUT2D eigenvalue weighted by Crippen LogP contribution is 2.32. The van der Waals surface area contributed by atoms with Gasteiger partial charge in [-0.3, -0.25) is 10.1 Å². The van der Waals surface area contributed by atoms with Gasteiger partial charge in [0.2, 0.25) is 5.91 Å². The Morgan fingerprint density at radius 1 is 1.52 bits per heavy atom. The highest BCUT2D eigenvalue weighted by Gasteiger charge is 2.36. The van der Waals surface area contributed by atoms with Crippen molar-refractivity contribution in [3.05, 3.63) is 33.6 Å². The van der Waals surface area contributed by atoms with Crippen LogP contribution in [0.3, 0.4) is 0 Å². The standard InChI is InChI=1S/C14H17Cl2FN2O2/c1-14(13(18)20,19-7-8-3-2-4-21-8)9-5-12(17)11(16)6-10(9)15/h5-6,8,19H,2-4,7H2,1H3,(H2,18,20). The average Bonchev–Trinajstić information content (AvgIpc) is 2.93. The Bertz CT molecular complexity index is 550. The van der Waals surface area contributed by atoms with E-state index in [2.05, 4.69) is 5.32 Å². The third-order valence-corrected chi connectivity index (χ3v) is 4.35. The second-order valence-corrected chi connectivity index (χ2v) is 6.07. The minimum atomic E-state index is -1.30. The predicted molar refractivity (Wildman–Crippen MR) is 79.9 cm³/mol. The van der Waals surface area contributed by atoms with Gasteiger partial charge in [-0.2, -0.15) is 0 Å². The lowest BCUT2D eigenvalue weighted by atomic mass is 9.90. The molecule has 2 unspecified atom stereocenters. The molecule has 21 heavy (non-hydrogen) atoms. The monoisotopic (exact) mass is 334 g/mol. The van der Waals surface area contributed by atoms with Gasteiger partial charge in [0.1, 0.15) is 11.4 Å². The fraction of sp³-hybridized carbons (Fsp3) is 0.500. The highest BCUT2D eigenvalue weighted by atomic mass is 35.5. The van der Waals surface area contributed by atoms with Crippen molar-refractivity contribution in [2.75, 3.05) is 13.2 Å². The van der Waals surface area contributed by atoms with E-state index in [0.717, 1.165) is 18.9 Å². The van der Waals surface area contributed by atoms with Crippen molar-refractivity contribution < 1.29 is 13.9 Å². The topological polar surface area (TPSA) is 64.3 Å². The fourth-order valence-electron chi connectivity index (χ4n) is 2.34. The van der Waals surface area contributed by atoms with Crippen molar-refractivity contribution in [3.8, 4) is 0 Å². The van der Waals surface area contributed by atoms with Crippen LogP contribution < -0.4 is 11.1 Å². The molecule has 1 aliphatic heterocycles. The molecule has 0 aliphatic carbocycles. The molecule has 0 aromatic heterocycles. The molecular formula is C14H17Cl2FN2O2. The van der Waals surface area contributed by atoms with E-state index in [1.807, 2.05) is 0 Å². The fourth-order valence-corrected chi connectivity index (χ4v) is 2.92. The van der Waals surface area contributed by atoms with Gasteiger partial charge < -0.3 is 10.5 Å². The number of hydrogen-bond donors (Lipinski definition) is 2. The molecule has 0 saturated carbocycles. The summed E-state index contributed by atoms with van der Waals surface area (Å²) in [7, 11) is 0. The molecule has 0 spiro atoms. The lowest BCUT2D eigenvalue weighted by Crippen LogP contribution is -2.52. The van der Waals surface area contributed by atoms with Crippen LogP contribution in [0.1, 0.15) is 25.3 Å². The predicted octanol–water partition coefficient (Wildman–Crippen LogP) is 2.60. The number of rotatable bonds is 5. The molecule has 1 amide bonds. The Labute approximate surface area is 132 Å². The maximum absolute atomic E-state index is 13.7. The van der Waals surface area contributed by atoms with Gasteiger partial charge in [-0.05, 0) is 31.9 Å². The molecule has 1 aromatic carbocycles. The number of amides is 1. The van der Waals surface area contributed by atoms with Crippen LogP contribution in [0.2, 0.25) is 10.0 Å². The summed E-state index contributed by atoms with van der Waals surface area (Å²) in [4.78, 5) is 11.9. The molecule has 1 aliphatic rings. The van der Waals surface area contributed by atoms with E-state index in [-0.39, 0.29) is 21.7 Å². The van der Waals surface area contributed by atoms with Crippen LogP contribution in [0.25, 0.3) is 0 Å². The number of hydrogen-bond acceptors (Lipinski definition) is 3. The van der Waals surface area contributed by atoms with Crippen molar-refractivity contribution >= 4 is 29.1 Å². The minimum absolute atomic E-state index is 0.0135. The van der Waals surface area contributed by atoms with Crippen molar-refractivity contribution in [2.24, 2.45) is 5.73 Å². The zero-order valence-electron chi connectivity index (χ0n) is 11.6. The molecule has 4 nitrogen and oxygen atoms in total. The van der Waals surface area contributed by atoms with Crippen molar-refractivity contribution in [3.63, 3.8) is 0 Å². The highest BCUT2D eigenvalue weighted by molar-refractivity contribution is 6.35. The van der Waals surface area contributed by atoms with Gasteiger partial charge in [-0.1, -0.05) is 23.2 Å². The quantitative estimate of drug-likeness (QED) is 0.813. The minimum Gasteiger partial charge on any atom is -0.377 e. The maximum Gasteiger partial charge on any atom is 0.242 e. The first-order valence-electron chi connectivity index (χ1n) is 6.66. The number of nitrogens with two attached hydrogens (primary N) is 1. The second kappa shape index (κ2) is 6.48. The summed E-state index contributed by atoms with van der Waals surface area (Å²) in [6.45, 7) is 2.70. The molecule has 1 heterocycles. The van der Waals surface area contributed by atoms with Gasteiger partial charge in [0, 0.05) is 23.7 Å². The van der Waals surface area contributed by atoms with Gasteiger partial charge in [0.15, 0.2) is 0 Å². The molecule has 0 bridgehead atoms. The summed E-state index contributed by atoms with van der Waals surface area (Å²) in [6.07, 6.45) is 1.90. The number of benzene rings is 1. The third kappa shape index (κ3) is 3.48. The number of carbonyl (C=O) groups excluding carboxylic acids is 1. The van der Waals surface area contributed by atoms with E-state index in [1.165, 1.54) is 6.07 Å². The second-order valence-electron chi connectivity index (χ2n) is 5.25. The molecule has 2 rings (SSSR count). The van der Waals surface area contributed by atoms with Crippen LogP contribution in [0.5, 0.6) is 0 Å². The van der Waals surface area contributed by atoms with Gasteiger partial charge in [-0.25, -0.2) is 4.39 Å². The Hall–Kier alpha value is -0.880. The summed E-state index contributed by atoms with van der Waals surface area (Å²) in [6, 6.07) is 2.40. The van der Waals surface area contributed by atoms with Gasteiger partial charge in [-0.15, -0.1) is 0 Å². The molecule has 0 radical (unpaired) electrons. The first-order chi connectivity index (χ1) is 9.84. The van der Waals surface area contributed by atoms with Crippen LogP contribution in [-0.2, 0) is 15.1 Å². The van der Waals surface area contributed by atoms with Crippen molar-refractivity contribution in [1.82, 2.24) is 5.32 Å². The number of nitrogens with one attached hydrogen (secondary N) is 1. The lowest BCUT2D eigenvalue weighted by Gasteiger charge is -2.30.